The van der Waals surface area contributed by atoms with Gasteiger partial charge in [-0.2, -0.15) is 0 Å². The molecule has 10 heavy (non-hydrogen) atoms. The van der Waals surface area contributed by atoms with Gasteiger partial charge in [0.05, 0.1) is 0 Å². The van der Waals surface area contributed by atoms with Gasteiger partial charge in [0.15, 0.2) is 0 Å². The van der Waals surface area contributed by atoms with E-state index < -0.39 is 0 Å². The fourth-order valence-electron chi connectivity index (χ4n) is 0.601. The minimum atomic E-state index is 0.253. The van der Waals surface area contributed by atoms with Crippen LogP contribution in [0.4, 0.5) is 0 Å². The third kappa shape index (κ3) is 5.51. The quantitative estimate of drug-likeness (QED) is 0.594. The zero-order valence-corrected chi connectivity index (χ0v) is 6.67. The number of aliphatic imine (C=N–C) groups is 1. The van der Waals surface area contributed by atoms with Gasteiger partial charge in [0.1, 0.15) is 0 Å². The van der Waals surface area contributed by atoms with Crippen molar-refractivity contribution < 1.29 is 5.11 Å². The molecule has 0 saturated carbocycles. The molecule has 0 aromatic carbocycles. The van der Waals surface area contributed by atoms with Crippen molar-refractivity contribution in [2.24, 2.45) is 4.99 Å². The minimum Gasteiger partial charge on any atom is -0.396 e. The van der Waals surface area contributed by atoms with Crippen molar-refractivity contribution in [2.45, 2.75) is 26.7 Å². The summed E-state index contributed by atoms with van der Waals surface area (Å²) in [7, 11) is 0. The molecule has 0 heterocycles. The fourth-order valence-corrected chi connectivity index (χ4v) is 0.601. The van der Waals surface area contributed by atoms with Crippen molar-refractivity contribution in [2.75, 3.05) is 6.61 Å². The Morgan fingerprint density at radius 1 is 1.60 bits per heavy atom. The number of aliphatic hydroxyl groups is 1. The summed E-state index contributed by atoms with van der Waals surface area (Å²) in [6.07, 6.45) is 5.36. The van der Waals surface area contributed by atoms with E-state index in [-0.39, 0.29) is 6.61 Å². The summed E-state index contributed by atoms with van der Waals surface area (Å²) in [5.41, 5.74) is 1.08. The average molecular weight is 141 g/mol. The molecule has 2 heteroatoms. The van der Waals surface area contributed by atoms with E-state index in [1.54, 1.807) is 6.20 Å². The maximum atomic E-state index is 8.47. The molecular formula is C8H15NO. The molecule has 0 rings (SSSR count). The van der Waals surface area contributed by atoms with Crippen molar-refractivity contribution in [3.05, 3.63) is 12.3 Å². The van der Waals surface area contributed by atoms with Crippen LogP contribution in [0, 0.1) is 0 Å². The first kappa shape index (κ1) is 9.37. The Morgan fingerprint density at radius 2 is 2.30 bits per heavy atom. The van der Waals surface area contributed by atoms with Crippen molar-refractivity contribution in [3.63, 3.8) is 0 Å². The van der Waals surface area contributed by atoms with Gasteiger partial charge in [-0.1, -0.05) is 6.08 Å². The predicted molar refractivity (Wildman–Crippen MR) is 44.2 cm³/mol. The highest BCUT2D eigenvalue weighted by atomic mass is 16.2. The van der Waals surface area contributed by atoms with E-state index in [0.29, 0.717) is 0 Å². The van der Waals surface area contributed by atoms with Gasteiger partial charge in [-0.15, -0.1) is 0 Å². The molecule has 1 N–H and O–H groups in total. The topological polar surface area (TPSA) is 32.6 Å². The van der Waals surface area contributed by atoms with Crippen LogP contribution in [0.1, 0.15) is 26.7 Å². The molecule has 0 atom stereocenters. The zero-order valence-electron chi connectivity index (χ0n) is 6.67. The summed E-state index contributed by atoms with van der Waals surface area (Å²) < 4.78 is 0. The van der Waals surface area contributed by atoms with Gasteiger partial charge in [0.25, 0.3) is 0 Å². The van der Waals surface area contributed by atoms with Crippen molar-refractivity contribution >= 4 is 5.71 Å². The van der Waals surface area contributed by atoms with Crippen LogP contribution in [0.5, 0.6) is 0 Å². The van der Waals surface area contributed by atoms with Crippen LogP contribution in [0.3, 0.4) is 0 Å². The molecule has 0 aromatic heterocycles. The monoisotopic (exact) mass is 141 g/mol. The van der Waals surface area contributed by atoms with Crippen LogP contribution in [-0.2, 0) is 0 Å². The number of allylic oxidation sites excluding steroid dienone is 1. The Balaban J connectivity index is 3.49. The molecule has 0 aliphatic heterocycles. The summed E-state index contributed by atoms with van der Waals surface area (Å²) in [5, 5.41) is 8.47. The van der Waals surface area contributed by atoms with E-state index in [1.165, 1.54) is 0 Å². The van der Waals surface area contributed by atoms with E-state index in [9.17, 15) is 0 Å². The molecule has 0 radical (unpaired) electrons. The molecule has 0 bridgehead atoms. The van der Waals surface area contributed by atoms with Gasteiger partial charge >= 0.3 is 0 Å². The second-order valence-electron chi connectivity index (χ2n) is 2.17. The maximum absolute atomic E-state index is 8.47. The number of hydrogen-bond acceptors (Lipinski definition) is 2. The van der Waals surface area contributed by atoms with Crippen LogP contribution in [0.2, 0.25) is 0 Å². The first-order valence-corrected chi connectivity index (χ1v) is 3.56. The molecule has 2 nitrogen and oxygen atoms in total. The summed E-state index contributed by atoms with van der Waals surface area (Å²) >= 11 is 0. The molecule has 0 aliphatic carbocycles. The number of hydrogen-bond donors (Lipinski definition) is 1. The van der Waals surface area contributed by atoms with Crippen LogP contribution in [0.15, 0.2) is 17.3 Å². The molecule has 0 aliphatic rings. The molecule has 0 fully saturated rings. The van der Waals surface area contributed by atoms with Gasteiger partial charge in [0, 0.05) is 18.5 Å². The Hall–Kier alpha value is -0.630. The zero-order chi connectivity index (χ0) is 7.82. The van der Waals surface area contributed by atoms with E-state index in [1.807, 2.05) is 19.9 Å². The lowest BCUT2D eigenvalue weighted by Crippen LogP contribution is -1.92. The summed E-state index contributed by atoms with van der Waals surface area (Å²) in [5.74, 6) is 0. The van der Waals surface area contributed by atoms with Crippen LogP contribution in [-0.4, -0.2) is 17.4 Å². The van der Waals surface area contributed by atoms with Gasteiger partial charge in [0.2, 0.25) is 0 Å². The summed E-state index contributed by atoms with van der Waals surface area (Å²) in [6, 6.07) is 0. The fraction of sp³-hybridized carbons (Fsp3) is 0.625. The Labute approximate surface area is 62.3 Å². The molecule has 0 unspecified atom stereocenters. The average Bonchev–Trinajstić information content (AvgIpc) is 1.97. The van der Waals surface area contributed by atoms with Gasteiger partial charge in [-0.25, -0.2) is 0 Å². The summed E-state index contributed by atoms with van der Waals surface area (Å²) in [6.45, 7) is 4.15. The Bertz CT molecular complexity index is 127. The Morgan fingerprint density at radius 3 is 2.80 bits per heavy atom. The second-order valence-corrected chi connectivity index (χ2v) is 2.17. The van der Waals surface area contributed by atoms with Gasteiger partial charge in [-0.05, 0) is 26.7 Å². The van der Waals surface area contributed by atoms with Crippen molar-refractivity contribution in [3.8, 4) is 0 Å². The second kappa shape index (κ2) is 6.49. The van der Waals surface area contributed by atoms with Crippen molar-refractivity contribution in [1.29, 1.82) is 0 Å². The van der Waals surface area contributed by atoms with Crippen molar-refractivity contribution in [1.82, 2.24) is 0 Å². The lowest BCUT2D eigenvalue weighted by atomic mass is 10.2. The molecule has 58 valence electrons. The van der Waals surface area contributed by atoms with Crippen LogP contribution < -0.4 is 0 Å². The number of nitrogens with zero attached hydrogens (tertiary/aromatic N) is 1. The standard InChI is InChI=1S/C8H15NO/c1-3-6-9-8(2)5-4-7-10/h3,6,10H,4-5,7H2,1-2H3/b6-3-,9-8+. The molecule has 0 saturated heterocycles. The van der Waals surface area contributed by atoms with E-state index in [4.69, 9.17) is 5.11 Å². The lowest BCUT2D eigenvalue weighted by Gasteiger charge is -1.93. The summed E-state index contributed by atoms with van der Waals surface area (Å²) in [4.78, 5) is 4.11. The first-order valence-electron chi connectivity index (χ1n) is 3.56. The predicted octanol–water partition coefficient (Wildman–Crippen LogP) is 1.75. The third-order valence-electron chi connectivity index (χ3n) is 1.14. The largest absolute Gasteiger partial charge is 0.396 e. The third-order valence-corrected chi connectivity index (χ3v) is 1.14. The van der Waals surface area contributed by atoms with Gasteiger partial charge < -0.3 is 5.11 Å². The normalized spacial score (nSPS) is 12.9. The first-order chi connectivity index (χ1) is 4.81. The number of aliphatic hydroxyl groups excluding tert-OH is 1. The van der Waals surface area contributed by atoms with E-state index >= 15 is 0 Å². The maximum Gasteiger partial charge on any atom is 0.0434 e. The SMILES string of the molecule is C/C=C\N=C(/C)CCCO. The molecule has 0 aromatic rings. The molecule has 0 amide bonds. The highest BCUT2D eigenvalue weighted by Crippen LogP contribution is 1.91. The smallest absolute Gasteiger partial charge is 0.0434 e. The minimum absolute atomic E-state index is 0.253. The lowest BCUT2D eigenvalue weighted by molar-refractivity contribution is 0.291. The van der Waals surface area contributed by atoms with Crippen LogP contribution >= 0.6 is 0 Å². The highest BCUT2D eigenvalue weighted by molar-refractivity contribution is 5.82. The Kier molecular flexibility index (Phi) is 6.08. The van der Waals surface area contributed by atoms with E-state index in [2.05, 4.69) is 4.99 Å². The molecule has 0 spiro atoms. The van der Waals surface area contributed by atoms with Crippen LogP contribution in [0.25, 0.3) is 0 Å². The van der Waals surface area contributed by atoms with Gasteiger partial charge in [-0.3, -0.25) is 4.99 Å². The molecular weight excluding hydrogens is 126 g/mol. The highest BCUT2D eigenvalue weighted by Gasteiger charge is 1.87. The number of rotatable bonds is 4. The van der Waals surface area contributed by atoms with E-state index in [0.717, 1.165) is 18.6 Å².